The van der Waals surface area contributed by atoms with Gasteiger partial charge in [-0.2, -0.15) is 0 Å². The van der Waals surface area contributed by atoms with Gasteiger partial charge in [-0.05, 0) is 60.7 Å². The highest BCUT2D eigenvalue weighted by molar-refractivity contribution is 9.10. The summed E-state index contributed by atoms with van der Waals surface area (Å²) in [6, 6.07) is 6.29. The average Bonchev–Trinajstić information content (AvgIpc) is 3.18. The molecular formula is C14H20BrN3O. The summed E-state index contributed by atoms with van der Waals surface area (Å²) < 4.78 is 0.849. The van der Waals surface area contributed by atoms with E-state index in [-0.39, 0.29) is 5.84 Å². The zero-order valence-corrected chi connectivity index (χ0v) is 12.9. The summed E-state index contributed by atoms with van der Waals surface area (Å²) in [5, 5.41) is 12.1. The minimum atomic E-state index is 0.143. The zero-order valence-electron chi connectivity index (χ0n) is 11.3. The second kappa shape index (κ2) is 5.82. The minimum absolute atomic E-state index is 0.143. The van der Waals surface area contributed by atoms with E-state index in [2.05, 4.69) is 39.8 Å². The lowest BCUT2D eigenvalue weighted by molar-refractivity contribution is 0.318. The molecule has 1 aliphatic rings. The monoisotopic (exact) mass is 325 g/mol. The molecule has 1 aromatic rings. The molecule has 0 atom stereocenters. The zero-order chi connectivity index (χ0) is 14.0. The number of oxime groups is 1. The lowest BCUT2D eigenvalue weighted by atomic mass is 10.1. The Morgan fingerprint density at radius 3 is 2.74 bits per heavy atom. The van der Waals surface area contributed by atoms with E-state index in [0.29, 0.717) is 6.04 Å². The van der Waals surface area contributed by atoms with Crippen LogP contribution in [0.4, 0.5) is 5.69 Å². The van der Waals surface area contributed by atoms with E-state index < -0.39 is 0 Å². The van der Waals surface area contributed by atoms with E-state index >= 15 is 0 Å². The standard InChI is InChI=1S/C14H20BrN3O/c1-9(2)18(8-10-6-7-10)12-5-3-4-11(15)13(12)14(16)17-19/h3-5,9-10,19H,6-8H2,1-2H3,(H2,16,17). The summed E-state index contributed by atoms with van der Waals surface area (Å²) in [5.74, 6) is 0.922. The first-order valence-electron chi connectivity index (χ1n) is 6.57. The van der Waals surface area contributed by atoms with Gasteiger partial charge in [0.1, 0.15) is 0 Å². The Balaban J connectivity index is 2.43. The predicted molar refractivity (Wildman–Crippen MR) is 81.9 cm³/mol. The molecule has 2 rings (SSSR count). The van der Waals surface area contributed by atoms with Crippen LogP contribution in [-0.2, 0) is 0 Å². The summed E-state index contributed by atoms with van der Waals surface area (Å²) in [4.78, 5) is 2.33. The number of hydrogen-bond acceptors (Lipinski definition) is 3. The number of benzene rings is 1. The Morgan fingerprint density at radius 1 is 1.53 bits per heavy atom. The second-order valence-corrected chi connectivity index (χ2v) is 6.16. The summed E-state index contributed by atoms with van der Waals surface area (Å²) >= 11 is 3.49. The molecule has 4 nitrogen and oxygen atoms in total. The third-order valence-corrected chi connectivity index (χ3v) is 4.10. The van der Waals surface area contributed by atoms with Gasteiger partial charge in [-0.3, -0.25) is 0 Å². The molecule has 1 aliphatic carbocycles. The minimum Gasteiger partial charge on any atom is -0.409 e. The van der Waals surface area contributed by atoms with Crippen LogP contribution in [0.3, 0.4) is 0 Å². The number of nitrogens with two attached hydrogens (primary N) is 1. The van der Waals surface area contributed by atoms with E-state index in [1.807, 2.05) is 18.2 Å². The van der Waals surface area contributed by atoms with Gasteiger partial charge in [0.2, 0.25) is 0 Å². The largest absolute Gasteiger partial charge is 0.409 e. The lowest BCUT2D eigenvalue weighted by Crippen LogP contribution is -2.34. The Labute approximate surface area is 122 Å². The fourth-order valence-electron chi connectivity index (χ4n) is 2.22. The molecule has 3 N–H and O–H groups in total. The number of anilines is 1. The molecule has 1 fully saturated rings. The Bertz CT molecular complexity index is 484. The molecular weight excluding hydrogens is 306 g/mol. The SMILES string of the molecule is CC(C)N(CC1CC1)c1cccc(Br)c1/C(N)=N/O. The average molecular weight is 326 g/mol. The maximum Gasteiger partial charge on any atom is 0.173 e. The molecule has 0 unspecified atom stereocenters. The van der Waals surface area contributed by atoms with Crippen molar-refractivity contribution in [3.05, 3.63) is 28.2 Å². The summed E-state index contributed by atoms with van der Waals surface area (Å²) in [7, 11) is 0. The molecule has 1 aromatic carbocycles. The number of rotatable bonds is 5. The second-order valence-electron chi connectivity index (χ2n) is 5.31. The predicted octanol–water partition coefficient (Wildman–Crippen LogP) is 3.17. The quantitative estimate of drug-likeness (QED) is 0.378. The van der Waals surface area contributed by atoms with E-state index in [4.69, 9.17) is 10.9 Å². The molecule has 0 spiro atoms. The molecule has 0 saturated heterocycles. The summed E-state index contributed by atoms with van der Waals surface area (Å²) in [6.07, 6.45) is 2.60. The molecule has 0 aliphatic heterocycles. The highest BCUT2D eigenvalue weighted by Crippen LogP contribution is 2.35. The summed E-state index contributed by atoms with van der Waals surface area (Å²) in [5.41, 5.74) is 7.61. The van der Waals surface area contributed by atoms with Gasteiger partial charge >= 0.3 is 0 Å². The highest BCUT2D eigenvalue weighted by atomic mass is 79.9. The van der Waals surface area contributed by atoms with Crippen LogP contribution in [0.15, 0.2) is 27.8 Å². The third kappa shape index (κ3) is 3.21. The fourth-order valence-corrected chi connectivity index (χ4v) is 2.78. The smallest absolute Gasteiger partial charge is 0.173 e. The van der Waals surface area contributed by atoms with Gasteiger partial charge in [-0.1, -0.05) is 11.2 Å². The van der Waals surface area contributed by atoms with E-state index in [9.17, 15) is 0 Å². The van der Waals surface area contributed by atoms with Crippen LogP contribution in [0.2, 0.25) is 0 Å². The Kier molecular flexibility index (Phi) is 4.34. The van der Waals surface area contributed by atoms with Crippen LogP contribution in [0, 0.1) is 5.92 Å². The molecule has 0 radical (unpaired) electrons. The maximum absolute atomic E-state index is 8.98. The number of halogens is 1. The van der Waals surface area contributed by atoms with Crippen LogP contribution in [0.25, 0.3) is 0 Å². The van der Waals surface area contributed by atoms with Crippen molar-refractivity contribution in [3.8, 4) is 0 Å². The molecule has 19 heavy (non-hydrogen) atoms. The topological polar surface area (TPSA) is 61.8 Å². The van der Waals surface area contributed by atoms with E-state index in [1.54, 1.807) is 0 Å². The molecule has 0 heterocycles. The highest BCUT2D eigenvalue weighted by Gasteiger charge is 2.27. The van der Waals surface area contributed by atoms with Crippen molar-refractivity contribution in [1.82, 2.24) is 0 Å². The number of hydrogen-bond donors (Lipinski definition) is 2. The Hall–Kier alpha value is -1.23. The van der Waals surface area contributed by atoms with Crippen molar-refractivity contribution in [2.24, 2.45) is 16.8 Å². The molecule has 1 saturated carbocycles. The van der Waals surface area contributed by atoms with E-state index in [1.165, 1.54) is 12.8 Å². The first-order chi connectivity index (χ1) is 9.04. The fraction of sp³-hybridized carbons (Fsp3) is 0.500. The lowest BCUT2D eigenvalue weighted by Gasteiger charge is -2.31. The van der Waals surface area contributed by atoms with Crippen LogP contribution < -0.4 is 10.6 Å². The van der Waals surface area contributed by atoms with Crippen LogP contribution in [0.1, 0.15) is 32.3 Å². The van der Waals surface area contributed by atoms with Crippen molar-refractivity contribution in [2.45, 2.75) is 32.7 Å². The van der Waals surface area contributed by atoms with Gasteiger partial charge in [0.05, 0.1) is 5.56 Å². The van der Waals surface area contributed by atoms with Crippen LogP contribution in [0.5, 0.6) is 0 Å². The number of amidine groups is 1. The van der Waals surface area contributed by atoms with Crippen molar-refractivity contribution in [2.75, 3.05) is 11.4 Å². The number of nitrogens with zero attached hydrogens (tertiary/aromatic N) is 2. The molecule has 104 valence electrons. The first kappa shape index (κ1) is 14.2. The van der Waals surface area contributed by atoms with E-state index in [0.717, 1.165) is 28.2 Å². The van der Waals surface area contributed by atoms with Crippen molar-refractivity contribution < 1.29 is 5.21 Å². The van der Waals surface area contributed by atoms with Gasteiger partial charge in [-0.25, -0.2) is 0 Å². The molecule has 0 bridgehead atoms. The van der Waals surface area contributed by atoms with Gasteiger partial charge < -0.3 is 15.8 Å². The van der Waals surface area contributed by atoms with Crippen molar-refractivity contribution in [1.29, 1.82) is 0 Å². The third-order valence-electron chi connectivity index (χ3n) is 3.44. The normalized spacial score (nSPS) is 15.9. The van der Waals surface area contributed by atoms with Crippen molar-refractivity contribution in [3.63, 3.8) is 0 Å². The maximum atomic E-state index is 8.98. The van der Waals surface area contributed by atoms with Crippen molar-refractivity contribution >= 4 is 27.5 Å². The molecule has 0 aromatic heterocycles. The van der Waals surface area contributed by atoms with Crippen LogP contribution in [-0.4, -0.2) is 23.6 Å². The molecule has 5 heteroatoms. The first-order valence-corrected chi connectivity index (χ1v) is 7.37. The van der Waals surface area contributed by atoms with Crippen LogP contribution >= 0.6 is 15.9 Å². The van der Waals surface area contributed by atoms with Gasteiger partial charge in [0.15, 0.2) is 5.84 Å². The summed E-state index contributed by atoms with van der Waals surface area (Å²) in [6.45, 7) is 5.36. The Morgan fingerprint density at radius 2 is 2.21 bits per heavy atom. The molecule has 0 amide bonds. The van der Waals surface area contributed by atoms with Gasteiger partial charge in [0.25, 0.3) is 0 Å². The van der Waals surface area contributed by atoms with Gasteiger partial charge in [0, 0.05) is 22.7 Å². The van der Waals surface area contributed by atoms with Gasteiger partial charge in [-0.15, -0.1) is 0 Å².